The third kappa shape index (κ3) is 2.45. The number of nitrogens with one attached hydrogen (secondary N) is 1. The van der Waals surface area contributed by atoms with Gasteiger partial charge in [0, 0.05) is 29.8 Å². The number of hydrogen-bond donors (Lipinski definition) is 1. The van der Waals surface area contributed by atoms with Crippen LogP contribution in [0.5, 0.6) is 0 Å². The quantitative estimate of drug-likeness (QED) is 0.819. The first-order valence-corrected chi connectivity index (χ1v) is 9.51. The molecule has 1 saturated carbocycles. The second-order valence-electron chi connectivity index (χ2n) is 5.70. The molecule has 1 N–H and O–H groups in total. The third-order valence-corrected chi connectivity index (χ3v) is 6.50. The molecule has 0 unspecified atom stereocenters. The summed E-state index contributed by atoms with van der Waals surface area (Å²) in [5.41, 5.74) is 0.528. The highest BCUT2D eigenvalue weighted by Gasteiger charge is 2.45. The fourth-order valence-corrected chi connectivity index (χ4v) is 5.02. The number of hydrogen-bond acceptors (Lipinski definition) is 5. The molecule has 23 heavy (non-hydrogen) atoms. The van der Waals surface area contributed by atoms with Crippen molar-refractivity contribution in [3.8, 4) is 0 Å². The van der Waals surface area contributed by atoms with Gasteiger partial charge in [0.1, 0.15) is 5.69 Å². The number of amides is 1. The Labute approximate surface area is 141 Å². The minimum Gasteiger partial charge on any atom is -0.270 e. The molecule has 4 rings (SSSR count). The molecule has 0 atom stereocenters. The number of aromatic amines is 1. The SMILES string of the molecule is O=C(c1[nH]nc2ncc(Br)cc12)N1CCCN(C2CC2)S1(=O)=O. The lowest BCUT2D eigenvalue weighted by molar-refractivity contribution is 0.0833. The zero-order valence-electron chi connectivity index (χ0n) is 12.1. The first-order valence-electron chi connectivity index (χ1n) is 7.32. The van der Waals surface area contributed by atoms with E-state index in [2.05, 4.69) is 31.1 Å². The molecule has 0 bridgehead atoms. The maximum Gasteiger partial charge on any atom is 0.306 e. The molecule has 1 aliphatic carbocycles. The summed E-state index contributed by atoms with van der Waals surface area (Å²) in [6.07, 6.45) is 3.94. The lowest BCUT2D eigenvalue weighted by Gasteiger charge is -2.34. The van der Waals surface area contributed by atoms with E-state index < -0.39 is 16.1 Å². The highest BCUT2D eigenvalue weighted by atomic mass is 79.9. The van der Waals surface area contributed by atoms with Crippen molar-refractivity contribution < 1.29 is 13.2 Å². The van der Waals surface area contributed by atoms with Crippen LogP contribution in [0.3, 0.4) is 0 Å². The highest BCUT2D eigenvalue weighted by Crippen LogP contribution is 2.33. The fourth-order valence-electron chi connectivity index (χ4n) is 2.83. The normalized spacial score (nSPS) is 21.7. The summed E-state index contributed by atoms with van der Waals surface area (Å²) in [6, 6.07) is 1.75. The van der Waals surface area contributed by atoms with Crippen molar-refractivity contribution in [2.75, 3.05) is 13.1 Å². The molecule has 2 aliphatic rings. The van der Waals surface area contributed by atoms with Crippen molar-refractivity contribution in [1.29, 1.82) is 0 Å². The Morgan fingerprint density at radius 2 is 2.13 bits per heavy atom. The van der Waals surface area contributed by atoms with Gasteiger partial charge in [-0.1, -0.05) is 0 Å². The van der Waals surface area contributed by atoms with E-state index in [0.29, 0.717) is 28.5 Å². The number of carbonyl (C=O) groups is 1. The molecule has 2 aromatic rings. The van der Waals surface area contributed by atoms with E-state index in [1.54, 1.807) is 12.3 Å². The summed E-state index contributed by atoms with van der Waals surface area (Å²) >= 11 is 3.30. The Morgan fingerprint density at radius 1 is 1.35 bits per heavy atom. The minimum absolute atomic E-state index is 0.0462. The Balaban J connectivity index is 1.73. The van der Waals surface area contributed by atoms with Gasteiger partial charge in [-0.2, -0.15) is 17.8 Å². The molecule has 1 amide bonds. The van der Waals surface area contributed by atoms with Crippen molar-refractivity contribution in [3.05, 3.63) is 22.4 Å². The zero-order chi connectivity index (χ0) is 16.2. The van der Waals surface area contributed by atoms with E-state index in [0.717, 1.165) is 17.1 Å². The number of aromatic nitrogens is 3. The van der Waals surface area contributed by atoms with Crippen molar-refractivity contribution in [2.24, 2.45) is 0 Å². The Kier molecular flexibility index (Phi) is 3.43. The molecule has 0 radical (unpaired) electrons. The van der Waals surface area contributed by atoms with Gasteiger partial charge in [0.05, 0.1) is 5.39 Å². The van der Waals surface area contributed by atoms with Crippen LogP contribution in [0.2, 0.25) is 0 Å². The Hall–Kier alpha value is -1.52. The van der Waals surface area contributed by atoms with Gasteiger partial charge in [-0.15, -0.1) is 0 Å². The van der Waals surface area contributed by atoms with Gasteiger partial charge >= 0.3 is 10.2 Å². The maximum atomic E-state index is 12.8. The maximum absolute atomic E-state index is 12.8. The predicted octanol–water partition coefficient (Wildman–Crippen LogP) is 1.28. The van der Waals surface area contributed by atoms with Crippen LogP contribution in [-0.2, 0) is 10.2 Å². The summed E-state index contributed by atoms with van der Waals surface area (Å²) < 4.78 is 28.5. The lowest BCUT2D eigenvalue weighted by atomic mass is 10.2. The average molecular weight is 400 g/mol. The lowest BCUT2D eigenvalue weighted by Crippen LogP contribution is -2.52. The largest absolute Gasteiger partial charge is 0.306 e. The monoisotopic (exact) mass is 399 g/mol. The van der Waals surface area contributed by atoms with Crippen LogP contribution in [0.15, 0.2) is 16.7 Å². The second kappa shape index (κ2) is 5.25. The number of nitrogens with zero attached hydrogens (tertiary/aromatic N) is 4. The molecule has 2 fully saturated rings. The molecule has 10 heteroatoms. The van der Waals surface area contributed by atoms with E-state index >= 15 is 0 Å². The van der Waals surface area contributed by atoms with Crippen LogP contribution in [0.25, 0.3) is 11.0 Å². The van der Waals surface area contributed by atoms with Crippen LogP contribution in [0, 0.1) is 0 Å². The number of pyridine rings is 1. The average Bonchev–Trinajstić information content (AvgIpc) is 3.25. The van der Waals surface area contributed by atoms with Crippen molar-refractivity contribution in [1.82, 2.24) is 23.8 Å². The Bertz CT molecular complexity index is 892. The highest BCUT2D eigenvalue weighted by molar-refractivity contribution is 9.10. The van der Waals surface area contributed by atoms with Gasteiger partial charge in [-0.3, -0.25) is 9.89 Å². The van der Waals surface area contributed by atoms with Gasteiger partial charge in [-0.05, 0) is 41.3 Å². The van der Waals surface area contributed by atoms with E-state index in [-0.39, 0.29) is 18.3 Å². The molecule has 3 heterocycles. The molecule has 0 aromatic carbocycles. The van der Waals surface area contributed by atoms with E-state index in [1.165, 1.54) is 4.31 Å². The van der Waals surface area contributed by atoms with Crippen LogP contribution in [-0.4, -0.2) is 57.2 Å². The van der Waals surface area contributed by atoms with Gasteiger partial charge in [0.15, 0.2) is 5.65 Å². The fraction of sp³-hybridized carbons (Fsp3) is 0.462. The number of H-pyrrole nitrogens is 1. The first kappa shape index (κ1) is 15.0. The summed E-state index contributed by atoms with van der Waals surface area (Å²) in [6.45, 7) is 0.667. The third-order valence-electron chi connectivity index (χ3n) is 4.09. The van der Waals surface area contributed by atoms with Gasteiger partial charge in [0.2, 0.25) is 0 Å². The van der Waals surface area contributed by atoms with Gasteiger partial charge < -0.3 is 0 Å². The zero-order valence-corrected chi connectivity index (χ0v) is 14.5. The molecular weight excluding hydrogens is 386 g/mol. The second-order valence-corrected chi connectivity index (χ2v) is 8.42. The Morgan fingerprint density at radius 3 is 2.87 bits per heavy atom. The van der Waals surface area contributed by atoms with Crippen molar-refractivity contribution in [3.63, 3.8) is 0 Å². The van der Waals surface area contributed by atoms with E-state index in [4.69, 9.17) is 0 Å². The molecule has 1 saturated heterocycles. The van der Waals surface area contributed by atoms with Crippen molar-refractivity contribution in [2.45, 2.75) is 25.3 Å². The summed E-state index contributed by atoms with van der Waals surface area (Å²) in [5, 5.41) is 7.11. The van der Waals surface area contributed by atoms with Crippen LogP contribution in [0.1, 0.15) is 29.8 Å². The number of fused-ring (bicyclic) bond motifs is 1. The molecule has 0 spiro atoms. The molecular formula is C13H14BrN5O3S. The van der Waals surface area contributed by atoms with E-state index in [1.807, 2.05) is 0 Å². The predicted molar refractivity (Wildman–Crippen MR) is 85.9 cm³/mol. The topological polar surface area (TPSA) is 99.3 Å². The molecule has 122 valence electrons. The van der Waals surface area contributed by atoms with E-state index in [9.17, 15) is 13.2 Å². The standard InChI is InChI=1S/C13H14BrN5O3S/c14-8-6-10-11(16-17-12(10)15-7-8)13(20)19-5-1-4-18(9-2-3-9)23(19,21)22/h6-7,9H,1-5H2,(H,15,16,17). The number of halogens is 1. The summed E-state index contributed by atoms with van der Waals surface area (Å²) in [5.74, 6) is -0.585. The molecule has 2 aromatic heterocycles. The van der Waals surface area contributed by atoms with Crippen molar-refractivity contribution >= 4 is 43.1 Å². The van der Waals surface area contributed by atoms with Crippen LogP contribution in [0.4, 0.5) is 0 Å². The van der Waals surface area contributed by atoms with Gasteiger partial charge in [0.25, 0.3) is 5.91 Å². The van der Waals surface area contributed by atoms with Crippen LogP contribution < -0.4 is 0 Å². The summed E-state index contributed by atoms with van der Waals surface area (Å²) in [7, 11) is -3.77. The molecule has 8 nitrogen and oxygen atoms in total. The summed E-state index contributed by atoms with van der Waals surface area (Å²) in [4.78, 5) is 16.9. The molecule has 1 aliphatic heterocycles. The first-order chi connectivity index (χ1) is 11.0. The van der Waals surface area contributed by atoms with Gasteiger partial charge in [-0.25, -0.2) is 9.29 Å². The minimum atomic E-state index is -3.77. The van der Waals surface area contributed by atoms with Crippen LogP contribution >= 0.6 is 15.9 Å². The number of rotatable bonds is 2. The smallest absolute Gasteiger partial charge is 0.270 e. The number of carbonyl (C=O) groups excluding carboxylic acids is 1.